The zero-order chi connectivity index (χ0) is 15.2. The number of hydrogen-bond donors (Lipinski definition) is 2. The van der Waals surface area contributed by atoms with Crippen LogP contribution >= 0.6 is 15.9 Å². The number of pyridine rings is 1. The standard InChI is InChI=1S/C12H20BrN3O3S/c1-9(2)19-6-4-3-5-16-20(17,18)11-7-10(13)8-15-12(11)14/h7-9,16H,3-6H2,1-2H3,(H2,14,15). The molecule has 20 heavy (non-hydrogen) atoms. The molecule has 0 saturated heterocycles. The lowest BCUT2D eigenvalue weighted by Crippen LogP contribution is -2.26. The second-order valence-corrected chi connectivity index (χ2v) is 7.21. The quantitative estimate of drug-likeness (QED) is 0.686. The first-order valence-electron chi connectivity index (χ1n) is 6.35. The van der Waals surface area contributed by atoms with Gasteiger partial charge in [-0.3, -0.25) is 0 Å². The molecular weight excluding hydrogens is 346 g/mol. The number of ether oxygens (including phenoxy) is 1. The predicted octanol–water partition coefficient (Wildman–Crippen LogP) is 1.91. The molecule has 0 aromatic carbocycles. The van der Waals surface area contributed by atoms with Crippen LogP contribution in [0.4, 0.5) is 5.82 Å². The van der Waals surface area contributed by atoms with Crippen LogP contribution in [0.3, 0.4) is 0 Å². The normalized spacial score (nSPS) is 12.0. The van der Waals surface area contributed by atoms with Gasteiger partial charge in [0.2, 0.25) is 10.0 Å². The average molecular weight is 366 g/mol. The van der Waals surface area contributed by atoms with Crippen molar-refractivity contribution in [2.45, 2.75) is 37.7 Å². The number of rotatable bonds is 8. The molecule has 0 spiro atoms. The van der Waals surface area contributed by atoms with Gasteiger partial charge in [0.15, 0.2) is 0 Å². The molecule has 1 aromatic heterocycles. The third-order valence-electron chi connectivity index (χ3n) is 2.45. The maximum Gasteiger partial charge on any atom is 0.244 e. The summed E-state index contributed by atoms with van der Waals surface area (Å²) in [6, 6.07) is 1.44. The highest BCUT2D eigenvalue weighted by molar-refractivity contribution is 9.10. The SMILES string of the molecule is CC(C)OCCCCNS(=O)(=O)c1cc(Br)cnc1N. The summed E-state index contributed by atoms with van der Waals surface area (Å²) in [6.07, 6.45) is 3.15. The number of nitrogens with zero attached hydrogens (tertiary/aromatic N) is 1. The van der Waals surface area contributed by atoms with Crippen molar-refractivity contribution < 1.29 is 13.2 Å². The van der Waals surface area contributed by atoms with Crippen LogP contribution < -0.4 is 10.5 Å². The first-order chi connectivity index (χ1) is 9.33. The Kier molecular flexibility index (Phi) is 6.87. The van der Waals surface area contributed by atoms with Crippen LogP contribution in [0.25, 0.3) is 0 Å². The van der Waals surface area contributed by atoms with E-state index in [4.69, 9.17) is 10.5 Å². The fourth-order valence-electron chi connectivity index (χ4n) is 1.48. The molecule has 8 heteroatoms. The summed E-state index contributed by atoms with van der Waals surface area (Å²) >= 11 is 3.18. The number of nitrogen functional groups attached to an aromatic ring is 1. The molecule has 0 aliphatic rings. The maximum absolute atomic E-state index is 12.1. The molecule has 1 heterocycles. The molecule has 0 atom stereocenters. The van der Waals surface area contributed by atoms with Gasteiger partial charge in [0.05, 0.1) is 6.10 Å². The minimum Gasteiger partial charge on any atom is -0.383 e. The Morgan fingerprint density at radius 3 is 2.80 bits per heavy atom. The molecule has 0 unspecified atom stereocenters. The number of aromatic nitrogens is 1. The molecular formula is C12H20BrN3O3S. The van der Waals surface area contributed by atoms with E-state index in [0.29, 0.717) is 24.0 Å². The molecule has 0 amide bonds. The molecule has 1 rings (SSSR count). The fourth-order valence-corrected chi connectivity index (χ4v) is 3.14. The summed E-state index contributed by atoms with van der Waals surface area (Å²) in [5, 5.41) is 0. The van der Waals surface area contributed by atoms with Crippen LogP contribution in [0.1, 0.15) is 26.7 Å². The van der Waals surface area contributed by atoms with Gasteiger partial charge in [-0.2, -0.15) is 0 Å². The molecule has 0 saturated carbocycles. The second-order valence-electron chi connectivity index (χ2n) is 4.56. The van der Waals surface area contributed by atoms with E-state index in [2.05, 4.69) is 25.6 Å². The molecule has 6 nitrogen and oxygen atoms in total. The van der Waals surface area contributed by atoms with Crippen molar-refractivity contribution in [2.75, 3.05) is 18.9 Å². The summed E-state index contributed by atoms with van der Waals surface area (Å²) in [4.78, 5) is 3.80. The molecule has 0 aliphatic heterocycles. The van der Waals surface area contributed by atoms with E-state index >= 15 is 0 Å². The zero-order valence-corrected chi connectivity index (χ0v) is 14.0. The number of halogens is 1. The van der Waals surface area contributed by atoms with Gasteiger partial charge in [-0.15, -0.1) is 0 Å². The highest BCUT2D eigenvalue weighted by atomic mass is 79.9. The maximum atomic E-state index is 12.1. The minimum absolute atomic E-state index is 0.00898. The van der Waals surface area contributed by atoms with E-state index in [1.807, 2.05) is 13.8 Å². The number of unbranched alkanes of at least 4 members (excludes halogenated alkanes) is 1. The fraction of sp³-hybridized carbons (Fsp3) is 0.583. The third kappa shape index (κ3) is 5.74. The molecule has 0 aliphatic carbocycles. The lowest BCUT2D eigenvalue weighted by atomic mass is 10.3. The van der Waals surface area contributed by atoms with Crippen molar-refractivity contribution in [3.63, 3.8) is 0 Å². The van der Waals surface area contributed by atoms with Crippen molar-refractivity contribution in [1.82, 2.24) is 9.71 Å². The van der Waals surface area contributed by atoms with E-state index in [-0.39, 0.29) is 16.8 Å². The lowest BCUT2D eigenvalue weighted by molar-refractivity contribution is 0.0762. The summed E-state index contributed by atoms with van der Waals surface area (Å²) in [7, 11) is -3.63. The van der Waals surface area contributed by atoms with Gasteiger partial charge < -0.3 is 10.5 Å². The monoisotopic (exact) mass is 365 g/mol. The van der Waals surface area contributed by atoms with Crippen LogP contribution in [0.15, 0.2) is 21.6 Å². The van der Waals surface area contributed by atoms with Gasteiger partial charge in [0.1, 0.15) is 10.7 Å². The summed E-state index contributed by atoms with van der Waals surface area (Å²) in [5.74, 6) is -0.0103. The molecule has 0 radical (unpaired) electrons. The average Bonchev–Trinajstić information content (AvgIpc) is 2.36. The van der Waals surface area contributed by atoms with E-state index in [0.717, 1.165) is 6.42 Å². The molecule has 1 aromatic rings. The van der Waals surface area contributed by atoms with Crippen molar-refractivity contribution in [3.8, 4) is 0 Å². The van der Waals surface area contributed by atoms with Crippen LogP contribution in [-0.4, -0.2) is 32.7 Å². The van der Waals surface area contributed by atoms with E-state index in [1.165, 1.54) is 12.3 Å². The topological polar surface area (TPSA) is 94.3 Å². The molecule has 114 valence electrons. The van der Waals surface area contributed by atoms with Crippen molar-refractivity contribution in [1.29, 1.82) is 0 Å². The third-order valence-corrected chi connectivity index (χ3v) is 4.38. The van der Waals surface area contributed by atoms with Gasteiger partial charge in [-0.05, 0) is 48.7 Å². The Morgan fingerprint density at radius 1 is 1.45 bits per heavy atom. The number of anilines is 1. The minimum atomic E-state index is -3.63. The van der Waals surface area contributed by atoms with Crippen molar-refractivity contribution >= 4 is 31.8 Å². The highest BCUT2D eigenvalue weighted by Crippen LogP contribution is 2.20. The Balaban J connectivity index is 2.48. The van der Waals surface area contributed by atoms with Crippen molar-refractivity contribution in [2.24, 2.45) is 0 Å². The lowest BCUT2D eigenvalue weighted by Gasteiger charge is -2.10. The van der Waals surface area contributed by atoms with Crippen molar-refractivity contribution in [3.05, 3.63) is 16.7 Å². The first kappa shape index (κ1) is 17.4. The van der Waals surface area contributed by atoms with E-state index in [9.17, 15) is 8.42 Å². The Bertz CT molecular complexity index is 535. The summed E-state index contributed by atoms with van der Waals surface area (Å²) in [5.41, 5.74) is 5.59. The van der Waals surface area contributed by atoms with Crippen LogP contribution in [0.5, 0.6) is 0 Å². The molecule has 0 fully saturated rings. The molecule has 0 bridgehead atoms. The number of nitrogens with one attached hydrogen (secondary N) is 1. The van der Waals surface area contributed by atoms with Gasteiger partial charge in [-0.25, -0.2) is 18.1 Å². The summed E-state index contributed by atoms with van der Waals surface area (Å²) in [6.45, 7) is 4.90. The summed E-state index contributed by atoms with van der Waals surface area (Å²) < 4.78 is 32.6. The van der Waals surface area contributed by atoms with Crippen LogP contribution in [-0.2, 0) is 14.8 Å². The number of nitrogens with two attached hydrogens (primary N) is 1. The van der Waals surface area contributed by atoms with Gasteiger partial charge >= 0.3 is 0 Å². The van der Waals surface area contributed by atoms with E-state index in [1.54, 1.807) is 0 Å². The van der Waals surface area contributed by atoms with Gasteiger partial charge in [0, 0.05) is 23.8 Å². The number of hydrogen-bond acceptors (Lipinski definition) is 5. The van der Waals surface area contributed by atoms with Gasteiger partial charge in [0.25, 0.3) is 0 Å². The smallest absolute Gasteiger partial charge is 0.244 e. The van der Waals surface area contributed by atoms with Crippen LogP contribution in [0, 0.1) is 0 Å². The van der Waals surface area contributed by atoms with Gasteiger partial charge in [-0.1, -0.05) is 0 Å². The number of sulfonamides is 1. The van der Waals surface area contributed by atoms with Crippen LogP contribution in [0.2, 0.25) is 0 Å². The Hall–Kier alpha value is -0.700. The second kappa shape index (κ2) is 7.92. The zero-order valence-electron chi connectivity index (χ0n) is 11.6. The highest BCUT2D eigenvalue weighted by Gasteiger charge is 2.18. The van der Waals surface area contributed by atoms with E-state index < -0.39 is 10.0 Å². The Labute approximate surface area is 128 Å². The first-order valence-corrected chi connectivity index (χ1v) is 8.63. The largest absolute Gasteiger partial charge is 0.383 e. The molecule has 3 N–H and O–H groups in total. The predicted molar refractivity (Wildman–Crippen MR) is 81.9 cm³/mol. The Morgan fingerprint density at radius 2 is 2.15 bits per heavy atom.